The van der Waals surface area contributed by atoms with Crippen molar-refractivity contribution in [3.8, 4) is 0 Å². The largest absolute Gasteiger partial charge is 0.370 e. The second-order valence-corrected chi connectivity index (χ2v) is 2.30. The molecular formula is C7H13NO2. The Hall–Kier alpha value is -0.830. The molecule has 0 saturated carbocycles. The van der Waals surface area contributed by atoms with Crippen molar-refractivity contribution < 1.29 is 9.63 Å². The predicted molar refractivity (Wildman–Crippen MR) is 38.9 cm³/mol. The summed E-state index contributed by atoms with van der Waals surface area (Å²) in [7, 11) is 0. The molecule has 10 heavy (non-hydrogen) atoms. The highest BCUT2D eigenvalue weighted by atomic mass is 16.7. The van der Waals surface area contributed by atoms with Crippen molar-refractivity contribution in [1.82, 2.24) is 0 Å². The summed E-state index contributed by atoms with van der Waals surface area (Å²) in [6.07, 6.45) is 1.71. The van der Waals surface area contributed by atoms with Gasteiger partial charge in [0.15, 0.2) is 0 Å². The van der Waals surface area contributed by atoms with Crippen molar-refractivity contribution in [3.63, 3.8) is 0 Å². The number of hydrogen-bond acceptors (Lipinski definition) is 3. The molecule has 0 atom stereocenters. The minimum Gasteiger partial charge on any atom is -0.370 e. The highest BCUT2D eigenvalue weighted by molar-refractivity contribution is 5.88. The van der Waals surface area contributed by atoms with Crippen LogP contribution < -0.4 is 5.90 Å². The molecule has 58 valence electrons. The van der Waals surface area contributed by atoms with E-state index in [0.717, 1.165) is 0 Å². The lowest BCUT2D eigenvalue weighted by molar-refractivity contribution is -0.140. The van der Waals surface area contributed by atoms with Crippen LogP contribution in [0.3, 0.4) is 0 Å². The highest BCUT2D eigenvalue weighted by Crippen LogP contribution is 2.09. The first-order chi connectivity index (χ1) is 4.63. The maximum absolute atomic E-state index is 10.8. The first kappa shape index (κ1) is 9.17. The molecule has 0 rings (SSSR count). The third-order valence-electron chi connectivity index (χ3n) is 1.28. The van der Waals surface area contributed by atoms with Gasteiger partial charge in [-0.3, -0.25) is 0 Å². The van der Waals surface area contributed by atoms with Gasteiger partial charge < -0.3 is 4.84 Å². The molecule has 2 N–H and O–H groups in total. The number of carbonyl (C=O) groups is 1. The van der Waals surface area contributed by atoms with Gasteiger partial charge in [0.25, 0.3) is 0 Å². The molecule has 0 radical (unpaired) electrons. The first-order valence-electron chi connectivity index (χ1n) is 3.20. The zero-order chi connectivity index (χ0) is 8.15. The van der Waals surface area contributed by atoms with Crippen molar-refractivity contribution in [2.24, 2.45) is 11.8 Å². The third kappa shape index (κ3) is 2.19. The normalized spacial score (nSPS) is 11.9. The Morgan fingerprint density at radius 1 is 1.60 bits per heavy atom. The van der Waals surface area contributed by atoms with Gasteiger partial charge in [-0.2, -0.15) is 5.90 Å². The van der Waals surface area contributed by atoms with Crippen molar-refractivity contribution >= 4 is 5.97 Å². The average Bonchev–Trinajstić information content (AvgIpc) is 1.88. The molecule has 0 aromatic carbocycles. The Balaban J connectivity index is 4.24. The topological polar surface area (TPSA) is 52.3 Å². The van der Waals surface area contributed by atoms with E-state index in [9.17, 15) is 4.79 Å². The van der Waals surface area contributed by atoms with Crippen molar-refractivity contribution in [1.29, 1.82) is 0 Å². The number of hydrogen-bond donors (Lipinski definition) is 1. The Kier molecular flexibility index (Phi) is 3.72. The molecule has 0 amide bonds. The maximum Gasteiger partial charge on any atom is 0.352 e. The molecule has 3 nitrogen and oxygen atoms in total. The lowest BCUT2D eigenvalue weighted by Gasteiger charge is -2.05. The predicted octanol–water partition coefficient (Wildman–Crippen LogP) is 1.01. The van der Waals surface area contributed by atoms with Crippen LogP contribution in [-0.2, 0) is 9.63 Å². The molecule has 0 fully saturated rings. The quantitative estimate of drug-likeness (QED) is 0.463. The van der Waals surface area contributed by atoms with Gasteiger partial charge >= 0.3 is 5.97 Å². The van der Waals surface area contributed by atoms with E-state index in [1.807, 2.05) is 13.8 Å². The molecule has 0 aromatic heterocycles. The number of allylic oxidation sites excluding steroid dienone is 1. The van der Waals surface area contributed by atoms with Crippen molar-refractivity contribution in [3.05, 3.63) is 11.6 Å². The fraction of sp³-hybridized carbons (Fsp3) is 0.571. The molecule has 0 aliphatic heterocycles. The van der Waals surface area contributed by atoms with E-state index in [2.05, 4.69) is 4.84 Å². The molecule has 3 heteroatoms. The molecule has 0 aliphatic carbocycles. The van der Waals surface area contributed by atoms with Crippen LogP contribution in [0.1, 0.15) is 20.8 Å². The summed E-state index contributed by atoms with van der Waals surface area (Å²) in [6, 6.07) is 0. The molecule has 0 saturated heterocycles. The van der Waals surface area contributed by atoms with E-state index in [1.54, 1.807) is 13.0 Å². The van der Waals surface area contributed by atoms with E-state index < -0.39 is 5.97 Å². The summed E-state index contributed by atoms with van der Waals surface area (Å²) in [4.78, 5) is 14.8. The zero-order valence-electron chi connectivity index (χ0n) is 6.55. The summed E-state index contributed by atoms with van der Waals surface area (Å²) < 4.78 is 0. The van der Waals surface area contributed by atoms with Gasteiger partial charge in [0, 0.05) is 5.57 Å². The fourth-order valence-corrected chi connectivity index (χ4v) is 0.755. The Morgan fingerprint density at radius 3 is 2.20 bits per heavy atom. The van der Waals surface area contributed by atoms with Crippen LogP contribution in [-0.4, -0.2) is 5.97 Å². The van der Waals surface area contributed by atoms with Gasteiger partial charge in [0.1, 0.15) is 0 Å². The Labute approximate surface area is 60.8 Å². The van der Waals surface area contributed by atoms with E-state index in [1.165, 1.54) is 0 Å². The highest BCUT2D eigenvalue weighted by Gasteiger charge is 2.11. The standard InChI is InChI=1S/C7H13NO2/c1-4-6(5(2)3)7(9)10-8/h4-5H,8H2,1-3H3. The van der Waals surface area contributed by atoms with Crippen LogP contribution in [0.5, 0.6) is 0 Å². The Morgan fingerprint density at radius 2 is 2.10 bits per heavy atom. The zero-order valence-corrected chi connectivity index (χ0v) is 6.55. The van der Waals surface area contributed by atoms with Gasteiger partial charge in [-0.15, -0.1) is 0 Å². The number of nitrogens with two attached hydrogens (primary N) is 1. The fourth-order valence-electron chi connectivity index (χ4n) is 0.755. The summed E-state index contributed by atoms with van der Waals surface area (Å²) in [5.41, 5.74) is 0.613. The molecule has 0 spiro atoms. The molecular weight excluding hydrogens is 130 g/mol. The molecule has 0 aromatic rings. The van der Waals surface area contributed by atoms with Gasteiger partial charge in [0.2, 0.25) is 0 Å². The monoisotopic (exact) mass is 143 g/mol. The first-order valence-corrected chi connectivity index (χ1v) is 3.20. The second kappa shape index (κ2) is 4.06. The smallest absolute Gasteiger partial charge is 0.352 e. The van der Waals surface area contributed by atoms with Crippen LogP contribution >= 0.6 is 0 Å². The minimum atomic E-state index is -0.447. The minimum absolute atomic E-state index is 0.168. The number of rotatable bonds is 2. The van der Waals surface area contributed by atoms with E-state index in [4.69, 9.17) is 5.90 Å². The summed E-state index contributed by atoms with van der Waals surface area (Å²) in [5.74, 6) is 4.42. The number of carbonyl (C=O) groups excluding carboxylic acids is 1. The maximum atomic E-state index is 10.8. The Bertz CT molecular complexity index is 150. The van der Waals surface area contributed by atoms with E-state index in [0.29, 0.717) is 5.57 Å². The van der Waals surface area contributed by atoms with Crippen LogP contribution in [0.15, 0.2) is 11.6 Å². The van der Waals surface area contributed by atoms with Crippen LogP contribution in [0.4, 0.5) is 0 Å². The lowest BCUT2D eigenvalue weighted by atomic mass is 10.0. The van der Waals surface area contributed by atoms with Crippen LogP contribution in [0.25, 0.3) is 0 Å². The van der Waals surface area contributed by atoms with Crippen molar-refractivity contribution in [2.45, 2.75) is 20.8 Å². The van der Waals surface area contributed by atoms with Crippen molar-refractivity contribution in [2.75, 3.05) is 0 Å². The van der Waals surface area contributed by atoms with Gasteiger partial charge in [-0.05, 0) is 12.8 Å². The van der Waals surface area contributed by atoms with Crippen LogP contribution in [0.2, 0.25) is 0 Å². The van der Waals surface area contributed by atoms with E-state index in [-0.39, 0.29) is 5.92 Å². The average molecular weight is 143 g/mol. The molecule has 0 aliphatic rings. The summed E-state index contributed by atoms with van der Waals surface area (Å²) >= 11 is 0. The van der Waals surface area contributed by atoms with Gasteiger partial charge in [-0.1, -0.05) is 19.9 Å². The summed E-state index contributed by atoms with van der Waals surface area (Å²) in [6.45, 7) is 5.60. The molecule has 0 unspecified atom stereocenters. The van der Waals surface area contributed by atoms with Gasteiger partial charge in [0.05, 0.1) is 0 Å². The van der Waals surface area contributed by atoms with Gasteiger partial charge in [-0.25, -0.2) is 4.79 Å². The lowest BCUT2D eigenvalue weighted by Crippen LogP contribution is -2.15. The third-order valence-corrected chi connectivity index (χ3v) is 1.28. The van der Waals surface area contributed by atoms with Crippen LogP contribution in [0, 0.1) is 5.92 Å². The SMILES string of the molecule is CC=C(C(=O)ON)C(C)C. The molecule has 0 bridgehead atoms. The molecule has 0 heterocycles. The second-order valence-electron chi connectivity index (χ2n) is 2.30. The van der Waals surface area contributed by atoms with E-state index >= 15 is 0 Å². The summed E-state index contributed by atoms with van der Waals surface area (Å²) in [5, 5.41) is 0.